The fraction of sp³-hybridized carbons (Fsp3) is 0.257. The third-order valence-electron chi connectivity index (χ3n) is 6.82. The van der Waals surface area contributed by atoms with Gasteiger partial charge in [0.2, 0.25) is 0 Å². The van der Waals surface area contributed by atoms with Crippen molar-refractivity contribution < 1.29 is 42.4 Å². The van der Waals surface area contributed by atoms with Gasteiger partial charge in [0.25, 0.3) is 0 Å². The number of benzene rings is 4. The van der Waals surface area contributed by atoms with Crippen LogP contribution < -0.4 is 20.5 Å². The highest BCUT2D eigenvalue weighted by molar-refractivity contribution is 9.11. The molecule has 0 radical (unpaired) electrons. The standard InChI is InChI=1S/C19H18Br2F3NO3.C16H14Br2ClNO3/c1-2-25-14-6-12(5-13(9-14)19(22,23)24)10-28-18-15(20)7-11(8-16(18)21)3-4-17(26)27;17-13-5-9(1-2-15(21)22)6-14(18)16(13)23-8-10-3-11(19)7-12(20)4-10/h5-9,25H,2-4,10H2,1H3,(H,26,27);3-7H,1-2,8,20H2,(H,21,22). The number of rotatable bonds is 14. The maximum absolute atomic E-state index is 13.1. The van der Waals surface area contributed by atoms with Gasteiger partial charge in [-0.3, -0.25) is 9.59 Å². The number of hydrogen-bond donors (Lipinski definition) is 4. The molecule has 0 heterocycles. The monoisotopic (exact) mass is 984 g/mol. The highest BCUT2D eigenvalue weighted by Gasteiger charge is 2.31. The number of nitrogens with two attached hydrogens (primary N) is 1. The summed E-state index contributed by atoms with van der Waals surface area (Å²) < 4.78 is 53.6. The van der Waals surface area contributed by atoms with E-state index in [0.29, 0.717) is 68.4 Å². The van der Waals surface area contributed by atoms with Gasteiger partial charge in [0.05, 0.1) is 23.5 Å². The van der Waals surface area contributed by atoms with Gasteiger partial charge in [0.15, 0.2) is 0 Å². The summed E-state index contributed by atoms with van der Waals surface area (Å²) in [7, 11) is 0. The molecule has 274 valence electrons. The number of carbonyl (C=O) groups is 2. The highest BCUT2D eigenvalue weighted by atomic mass is 79.9. The molecule has 0 aromatic heterocycles. The Balaban J connectivity index is 0.000000281. The molecule has 0 spiro atoms. The minimum absolute atomic E-state index is 0.00345. The Morgan fingerprint density at radius 2 is 1.18 bits per heavy atom. The number of nitrogens with one attached hydrogen (secondary N) is 1. The van der Waals surface area contributed by atoms with Crippen LogP contribution in [0.4, 0.5) is 24.5 Å². The van der Waals surface area contributed by atoms with Crippen molar-refractivity contribution in [3.8, 4) is 11.5 Å². The number of ether oxygens (including phenoxy) is 2. The zero-order valence-corrected chi connectivity index (χ0v) is 34.0. The van der Waals surface area contributed by atoms with Crippen LogP contribution in [0.3, 0.4) is 0 Å². The number of aryl methyl sites for hydroxylation is 2. The second-order valence-corrected chi connectivity index (χ2v) is 14.8. The first-order valence-corrected chi connectivity index (χ1v) is 18.6. The molecule has 4 rings (SSSR count). The fourth-order valence-electron chi connectivity index (χ4n) is 4.61. The Bertz CT molecular complexity index is 1800. The van der Waals surface area contributed by atoms with Gasteiger partial charge >= 0.3 is 18.1 Å². The van der Waals surface area contributed by atoms with E-state index in [4.69, 9.17) is 37.0 Å². The molecule has 0 fully saturated rings. The van der Waals surface area contributed by atoms with Gasteiger partial charge in [0, 0.05) is 35.8 Å². The van der Waals surface area contributed by atoms with E-state index in [1.165, 1.54) is 0 Å². The molecule has 0 aliphatic heterocycles. The maximum atomic E-state index is 13.1. The summed E-state index contributed by atoms with van der Waals surface area (Å²) in [5.74, 6) is -0.645. The molecule has 0 atom stereocenters. The van der Waals surface area contributed by atoms with Gasteiger partial charge in [0.1, 0.15) is 24.7 Å². The molecule has 4 aromatic carbocycles. The van der Waals surface area contributed by atoms with Crippen LogP contribution in [0, 0.1) is 0 Å². The van der Waals surface area contributed by atoms with Gasteiger partial charge in [-0.2, -0.15) is 13.2 Å². The second-order valence-electron chi connectivity index (χ2n) is 11.0. The Hall–Kier alpha value is -2.98. The van der Waals surface area contributed by atoms with E-state index >= 15 is 0 Å². The molecule has 5 N–H and O–H groups in total. The van der Waals surface area contributed by atoms with Crippen molar-refractivity contribution in [2.75, 3.05) is 17.6 Å². The van der Waals surface area contributed by atoms with Crippen molar-refractivity contribution in [2.45, 2.75) is 52.0 Å². The summed E-state index contributed by atoms with van der Waals surface area (Å²) >= 11 is 19.6. The summed E-state index contributed by atoms with van der Waals surface area (Å²) in [4.78, 5) is 21.4. The molecular formula is C35H32Br4ClF3N2O6. The molecule has 16 heteroatoms. The van der Waals surface area contributed by atoms with Crippen LogP contribution in [0.1, 0.15) is 47.6 Å². The molecule has 0 saturated carbocycles. The van der Waals surface area contributed by atoms with Gasteiger partial charge in [-0.15, -0.1) is 0 Å². The zero-order chi connectivity index (χ0) is 37.9. The largest absolute Gasteiger partial charge is 0.487 e. The summed E-state index contributed by atoms with van der Waals surface area (Å²) in [6.07, 6.45) is -3.56. The third kappa shape index (κ3) is 14.2. The van der Waals surface area contributed by atoms with E-state index in [1.54, 1.807) is 43.3 Å². The quantitative estimate of drug-likeness (QED) is 0.0919. The lowest BCUT2D eigenvalue weighted by molar-refractivity contribution is -0.138. The first-order chi connectivity index (χ1) is 23.9. The van der Waals surface area contributed by atoms with Crippen molar-refractivity contribution in [2.24, 2.45) is 0 Å². The van der Waals surface area contributed by atoms with Crippen LogP contribution in [-0.4, -0.2) is 28.7 Å². The van der Waals surface area contributed by atoms with Gasteiger partial charge in [-0.05, 0) is 166 Å². The SMILES string of the molecule is CCNc1cc(COc2c(Br)cc(CCC(=O)O)cc2Br)cc(C(F)(F)F)c1.Nc1cc(Cl)cc(COc2c(Br)cc(CCC(=O)O)cc2Br)c1. The predicted octanol–water partition coefficient (Wildman–Crippen LogP) is 11.3. The van der Waals surface area contributed by atoms with E-state index in [0.717, 1.165) is 37.8 Å². The van der Waals surface area contributed by atoms with E-state index in [2.05, 4.69) is 69.0 Å². The number of nitrogen functional groups attached to an aromatic ring is 1. The summed E-state index contributed by atoms with van der Waals surface area (Å²) in [6, 6.07) is 16.2. The Morgan fingerprint density at radius 1 is 0.725 bits per heavy atom. The Morgan fingerprint density at radius 3 is 1.57 bits per heavy atom. The maximum Gasteiger partial charge on any atom is 0.416 e. The molecular weight excluding hydrogens is 956 g/mol. The van der Waals surface area contributed by atoms with E-state index in [9.17, 15) is 22.8 Å². The number of hydrogen-bond acceptors (Lipinski definition) is 6. The first-order valence-electron chi connectivity index (χ1n) is 15.1. The number of aliphatic carboxylic acids is 2. The van der Waals surface area contributed by atoms with Crippen LogP contribution in [0.15, 0.2) is 78.6 Å². The minimum Gasteiger partial charge on any atom is -0.487 e. The van der Waals surface area contributed by atoms with E-state index in [-0.39, 0.29) is 19.4 Å². The van der Waals surface area contributed by atoms with Crippen molar-refractivity contribution in [1.29, 1.82) is 0 Å². The van der Waals surface area contributed by atoms with Crippen molar-refractivity contribution in [1.82, 2.24) is 0 Å². The lowest BCUT2D eigenvalue weighted by atomic mass is 10.1. The topological polar surface area (TPSA) is 131 Å². The number of alkyl halides is 3. The average Bonchev–Trinajstić information content (AvgIpc) is 3.01. The molecule has 51 heavy (non-hydrogen) atoms. The normalized spacial score (nSPS) is 11.0. The molecule has 0 bridgehead atoms. The average molecular weight is 989 g/mol. The summed E-state index contributed by atoms with van der Waals surface area (Å²) in [6.45, 7) is 2.55. The first kappa shape index (κ1) is 42.4. The van der Waals surface area contributed by atoms with Crippen molar-refractivity contribution in [3.05, 3.63) is 111 Å². The van der Waals surface area contributed by atoms with Gasteiger partial charge in [-0.1, -0.05) is 11.6 Å². The molecule has 0 saturated heterocycles. The van der Waals surface area contributed by atoms with Crippen molar-refractivity contribution >= 4 is 98.6 Å². The predicted molar refractivity (Wildman–Crippen MR) is 206 cm³/mol. The molecule has 8 nitrogen and oxygen atoms in total. The summed E-state index contributed by atoms with van der Waals surface area (Å²) in [5.41, 5.74) is 8.91. The number of carboxylic acid groups (broad SMARTS) is 2. The number of anilines is 2. The third-order valence-corrected chi connectivity index (χ3v) is 9.39. The van der Waals surface area contributed by atoms with E-state index < -0.39 is 23.7 Å². The smallest absolute Gasteiger partial charge is 0.416 e. The van der Waals surface area contributed by atoms with Crippen LogP contribution in [0.25, 0.3) is 0 Å². The second kappa shape index (κ2) is 19.7. The van der Waals surface area contributed by atoms with Crippen LogP contribution in [0.5, 0.6) is 11.5 Å². The van der Waals surface area contributed by atoms with Crippen LogP contribution in [-0.2, 0) is 41.8 Å². The molecule has 0 amide bonds. The van der Waals surface area contributed by atoms with Crippen LogP contribution >= 0.6 is 75.3 Å². The summed E-state index contributed by atoms with van der Waals surface area (Å²) in [5, 5.41) is 21.0. The fourth-order valence-corrected chi connectivity index (χ4v) is 7.89. The minimum atomic E-state index is -4.45. The molecule has 0 unspecified atom stereocenters. The molecule has 0 aliphatic carbocycles. The Kier molecular flexibility index (Phi) is 16.4. The highest BCUT2D eigenvalue weighted by Crippen LogP contribution is 2.38. The lowest BCUT2D eigenvalue weighted by Gasteiger charge is -2.15. The number of halogens is 8. The lowest BCUT2D eigenvalue weighted by Crippen LogP contribution is -2.09. The van der Waals surface area contributed by atoms with Crippen molar-refractivity contribution in [3.63, 3.8) is 0 Å². The zero-order valence-electron chi connectivity index (χ0n) is 26.9. The number of carboxylic acids is 2. The van der Waals surface area contributed by atoms with Gasteiger partial charge < -0.3 is 30.7 Å². The van der Waals surface area contributed by atoms with Crippen LogP contribution in [0.2, 0.25) is 5.02 Å². The Labute approximate surface area is 331 Å². The molecule has 0 aliphatic rings. The van der Waals surface area contributed by atoms with Gasteiger partial charge in [-0.25, -0.2) is 0 Å². The molecule has 4 aromatic rings. The van der Waals surface area contributed by atoms with E-state index in [1.807, 2.05) is 12.1 Å².